The first-order valence-electron chi connectivity index (χ1n) is 6.15. The molecule has 0 aromatic heterocycles. The maximum Gasteiger partial charge on any atom is 0.243 e. The van der Waals surface area contributed by atoms with Gasteiger partial charge in [-0.2, -0.15) is 9.57 Å². The highest BCUT2D eigenvalue weighted by Crippen LogP contribution is 2.22. The Morgan fingerprint density at radius 3 is 2.90 bits per heavy atom. The minimum absolute atomic E-state index is 0.0901. The van der Waals surface area contributed by atoms with Gasteiger partial charge in [0.25, 0.3) is 0 Å². The van der Waals surface area contributed by atoms with Crippen LogP contribution in [0.2, 0.25) is 0 Å². The molecule has 1 unspecified atom stereocenters. The van der Waals surface area contributed by atoms with E-state index in [0.29, 0.717) is 24.9 Å². The Morgan fingerprint density at radius 2 is 2.20 bits per heavy atom. The first-order chi connectivity index (χ1) is 9.57. The molecule has 2 rings (SSSR count). The molecule has 1 aromatic rings. The summed E-state index contributed by atoms with van der Waals surface area (Å²) in [6.07, 6.45) is 2.80. The first-order valence-corrected chi connectivity index (χ1v) is 7.59. The van der Waals surface area contributed by atoms with Crippen molar-refractivity contribution in [2.75, 3.05) is 13.1 Å². The fourth-order valence-corrected chi connectivity index (χ4v) is 3.76. The minimum Gasteiger partial charge on any atom is -0.211 e. The third-order valence-corrected chi connectivity index (χ3v) is 5.06. The number of sulfonamides is 1. The topological polar surface area (TPSA) is 90.6 Å². The molecule has 0 spiro atoms. The highest BCUT2D eigenvalue weighted by molar-refractivity contribution is 7.89. The van der Waals surface area contributed by atoms with Crippen molar-refractivity contribution in [3.8, 4) is 6.07 Å². The Bertz CT molecular complexity index is 687. The van der Waals surface area contributed by atoms with E-state index in [1.165, 1.54) is 28.6 Å². The quantitative estimate of drug-likeness (QED) is 0.614. The average Bonchev–Trinajstić information content (AvgIpc) is 2.48. The fourth-order valence-electron chi connectivity index (χ4n) is 2.19. The summed E-state index contributed by atoms with van der Waals surface area (Å²) in [6, 6.07) is 7.48. The lowest BCUT2D eigenvalue weighted by molar-refractivity contribution is 0.316. The number of aliphatic imine (C=N–C) groups is 1. The van der Waals surface area contributed by atoms with Crippen molar-refractivity contribution < 1.29 is 13.2 Å². The third kappa shape index (κ3) is 2.94. The highest BCUT2D eigenvalue weighted by Gasteiger charge is 2.30. The van der Waals surface area contributed by atoms with Gasteiger partial charge >= 0.3 is 0 Å². The normalized spacial score (nSPS) is 19.9. The number of nitrogens with zero attached hydrogens (tertiary/aromatic N) is 3. The summed E-state index contributed by atoms with van der Waals surface area (Å²) in [7, 11) is -3.65. The summed E-state index contributed by atoms with van der Waals surface area (Å²) in [5.41, 5.74) is 0.297. The number of isocyanates is 1. The monoisotopic (exact) mass is 291 g/mol. The third-order valence-electron chi connectivity index (χ3n) is 3.20. The number of carbonyl (C=O) groups excluding carboxylic acids is 1. The summed E-state index contributed by atoms with van der Waals surface area (Å²) in [5, 5.41) is 8.83. The molecule has 20 heavy (non-hydrogen) atoms. The van der Waals surface area contributed by atoms with Gasteiger partial charge in [0.2, 0.25) is 16.1 Å². The van der Waals surface area contributed by atoms with Gasteiger partial charge in [-0.3, -0.25) is 0 Å². The molecular formula is C13H13N3O3S. The Hall–Kier alpha value is -2.00. The molecule has 1 fully saturated rings. The molecule has 1 heterocycles. The van der Waals surface area contributed by atoms with Gasteiger partial charge in [0.15, 0.2) is 0 Å². The molecule has 1 aliphatic heterocycles. The van der Waals surface area contributed by atoms with E-state index in [9.17, 15) is 13.2 Å². The molecule has 0 radical (unpaired) electrons. The molecule has 0 amide bonds. The van der Waals surface area contributed by atoms with Crippen LogP contribution in [-0.4, -0.2) is 37.9 Å². The van der Waals surface area contributed by atoms with Crippen molar-refractivity contribution in [1.82, 2.24) is 4.31 Å². The molecule has 0 N–H and O–H groups in total. The molecule has 1 atom stereocenters. The number of piperidine rings is 1. The summed E-state index contributed by atoms with van der Waals surface area (Å²) in [6.45, 7) is 0.568. The smallest absolute Gasteiger partial charge is 0.211 e. The largest absolute Gasteiger partial charge is 0.243 e. The zero-order chi connectivity index (χ0) is 14.6. The van der Waals surface area contributed by atoms with Crippen molar-refractivity contribution in [3.63, 3.8) is 0 Å². The summed E-state index contributed by atoms with van der Waals surface area (Å²) >= 11 is 0. The molecule has 0 saturated carbocycles. The van der Waals surface area contributed by atoms with Crippen molar-refractivity contribution in [2.24, 2.45) is 4.99 Å². The lowest BCUT2D eigenvalue weighted by atomic mass is 10.1. The van der Waals surface area contributed by atoms with Crippen LogP contribution in [0.25, 0.3) is 0 Å². The summed E-state index contributed by atoms with van der Waals surface area (Å²) in [5.74, 6) is 0. The van der Waals surface area contributed by atoms with Crippen LogP contribution in [0.3, 0.4) is 0 Å². The average molecular weight is 291 g/mol. The SMILES string of the molecule is N#Cc1cccc(S(=O)(=O)N2CCCC(N=C=O)C2)c1. The van der Waals surface area contributed by atoms with E-state index in [-0.39, 0.29) is 17.5 Å². The lowest BCUT2D eigenvalue weighted by Gasteiger charge is -2.29. The minimum atomic E-state index is -3.65. The number of nitriles is 1. The van der Waals surface area contributed by atoms with Crippen molar-refractivity contribution in [2.45, 2.75) is 23.8 Å². The van der Waals surface area contributed by atoms with Crippen LogP contribution in [-0.2, 0) is 14.8 Å². The maximum atomic E-state index is 12.5. The molecule has 1 aromatic carbocycles. The van der Waals surface area contributed by atoms with E-state index >= 15 is 0 Å². The zero-order valence-corrected chi connectivity index (χ0v) is 11.5. The van der Waals surface area contributed by atoms with Crippen LogP contribution in [0.5, 0.6) is 0 Å². The molecule has 0 aliphatic carbocycles. The van der Waals surface area contributed by atoms with Crippen molar-refractivity contribution in [1.29, 1.82) is 5.26 Å². The van der Waals surface area contributed by atoms with E-state index in [1.807, 2.05) is 6.07 Å². The zero-order valence-electron chi connectivity index (χ0n) is 10.7. The molecule has 6 nitrogen and oxygen atoms in total. The Labute approximate surface area is 117 Å². The predicted octanol–water partition coefficient (Wildman–Crippen LogP) is 1.05. The van der Waals surface area contributed by atoms with Gasteiger partial charge in [0.1, 0.15) is 0 Å². The number of hydrogen-bond acceptors (Lipinski definition) is 5. The van der Waals surface area contributed by atoms with Crippen LogP contribution in [0.15, 0.2) is 34.2 Å². The van der Waals surface area contributed by atoms with Crippen LogP contribution in [0, 0.1) is 11.3 Å². The standard InChI is InChI=1S/C13H13N3O3S/c14-8-11-3-1-5-13(7-11)20(18,19)16-6-2-4-12(9-16)15-10-17/h1,3,5,7,12H,2,4,6,9H2. The molecule has 7 heteroatoms. The second-order valence-corrected chi connectivity index (χ2v) is 6.46. The van der Waals surface area contributed by atoms with Crippen LogP contribution in [0.4, 0.5) is 0 Å². The van der Waals surface area contributed by atoms with Gasteiger partial charge in [-0.1, -0.05) is 6.07 Å². The van der Waals surface area contributed by atoms with Crippen LogP contribution < -0.4 is 0 Å². The second-order valence-electron chi connectivity index (χ2n) is 4.52. The number of rotatable bonds is 3. The highest BCUT2D eigenvalue weighted by atomic mass is 32.2. The van der Waals surface area contributed by atoms with Gasteiger partial charge < -0.3 is 0 Å². The number of hydrogen-bond donors (Lipinski definition) is 0. The maximum absolute atomic E-state index is 12.5. The Balaban J connectivity index is 2.30. The van der Waals surface area contributed by atoms with E-state index in [4.69, 9.17) is 5.26 Å². The van der Waals surface area contributed by atoms with Crippen LogP contribution >= 0.6 is 0 Å². The van der Waals surface area contributed by atoms with E-state index in [1.54, 1.807) is 6.07 Å². The number of benzene rings is 1. The van der Waals surface area contributed by atoms with E-state index in [2.05, 4.69) is 4.99 Å². The predicted molar refractivity (Wildman–Crippen MR) is 71.1 cm³/mol. The molecule has 0 bridgehead atoms. The Morgan fingerprint density at radius 1 is 1.40 bits per heavy atom. The summed E-state index contributed by atoms with van der Waals surface area (Å²) < 4.78 is 26.3. The molecule has 1 saturated heterocycles. The molecule has 104 valence electrons. The van der Waals surface area contributed by atoms with Gasteiger partial charge in [-0.05, 0) is 31.0 Å². The van der Waals surface area contributed by atoms with Crippen LogP contribution in [0.1, 0.15) is 18.4 Å². The van der Waals surface area contributed by atoms with Gasteiger partial charge in [-0.25, -0.2) is 18.2 Å². The lowest BCUT2D eigenvalue weighted by Crippen LogP contribution is -2.41. The van der Waals surface area contributed by atoms with Gasteiger partial charge in [0.05, 0.1) is 22.6 Å². The fraction of sp³-hybridized carbons (Fsp3) is 0.385. The van der Waals surface area contributed by atoms with E-state index < -0.39 is 10.0 Å². The van der Waals surface area contributed by atoms with Crippen molar-refractivity contribution >= 4 is 16.1 Å². The molecular weight excluding hydrogens is 278 g/mol. The summed E-state index contributed by atoms with van der Waals surface area (Å²) in [4.78, 5) is 14.0. The van der Waals surface area contributed by atoms with Gasteiger partial charge in [-0.15, -0.1) is 0 Å². The van der Waals surface area contributed by atoms with Crippen molar-refractivity contribution in [3.05, 3.63) is 29.8 Å². The second kappa shape index (κ2) is 5.97. The Kier molecular flexibility index (Phi) is 4.30. The molecule has 1 aliphatic rings. The van der Waals surface area contributed by atoms with Gasteiger partial charge in [0, 0.05) is 13.1 Å². The first kappa shape index (κ1) is 14.4. The van der Waals surface area contributed by atoms with E-state index in [0.717, 1.165) is 0 Å².